The molecular weight excluding hydrogens is 360 g/mol. The third kappa shape index (κ3) is 3.68. The van der Waals surface area contributed by atoms with Crippen molar-refractivity contribution < 1.29 is 24.2 Å². The van der Waals surface area contributed by atoms with Crippen LogP contribution in [0.25, 0.3) is 0 Å². The van der Waals surface area contributed by atoms with E-state index in [0.29, 0.717) is 29.8 Å². The Morgan fingerprint density at radius 2 is 1.93 bits per heavy atom. The molecule has 3 N–H and O–H groups in total. The number of ether oxygens (including phenoxy) is 2. The van der Waals surface area contributed by atoms with Crippen LogP contribution in [0.1, 0.15) is 32.6 Å². The largest absolute Gasteiger partial charge is 0.485 e. The molecule has 0 aromatic heterocycles. The van der Waals surface area contributed by atoms with E-state index in [1.165, 1.54) is 0 Å². The van der Waals surface area contributed by atoms with Gasteiger partial charge in [0.15, 0.2) is 11.5 Å². The highest BCUT2D eigenvalue weighted by molar-refractivity contribution is 5.85. The van der Waals surface area contributed by atoms with Crippen LogP contribution in [0.5, 0.6) is 11.5 Å². The van der Waals surface area contributed by atoms with E-state index >= 15 is 0 Å². The molecule has 28 heavy (non-hydrogen) atoms. The summed E-state index contributed by atoms with van der Waals surface area (Å²) in [5, 5.41) is 15.2. The minimum Gasteiger partial charge on any atom is -0.485 e. The fraction of sp³-hybridized carbons (Fsp3) is 0.619. The van der Waals surface area contributed by atoms with Crippen LogP contribution < -0.4 is 20.1 Å². The van der Waals surface area contributed by atoms with E-state index in [2.05, 4.69) is 10.6 Å². The smallest absolute Gasteiger partial charge is 0.264 e. The van der Waals surface area contributed by atoms with E-state index in [4.69, 9.17) is 14.6 Å². The summed E-state index contributed by atoms with van der Waals surface area (Å²) >= 11 is 0. The summed E-state index contributed by atoms with van der Waals surface area (Å²) in [6.45, 7) is 2.09. The van der Waals surface area contributed by atoms with Gasteiger partial charge in [-0.1, -0.05) is 12.1 Å². The van der Waals surface area contributed by atoms with Gasteiger partial charge in [-0.15, -0.1) is 0 Å². The van der Waals surface area contributed by atoms with Crippen LogP contribution in [0.2, 0.25) is 0 Å². The molecule has 1 unspecified atom stereocenters. The molecule has 1 aliphatic heterocycles. The average Bonchev–Trinajstić information content (AvgIpc) is 3.29. The van der Waals surface area contributed by atoms with Gasteiger partial charge >= 0.3 is 0 Å². The summed E-state index contributed by atoms with van der Waals surface area (Å²) in [5.41, 5.74) is 0. The Bertz CT molecular complexity index is 739. The van der Waals surface area contributed by atoms with Crippen molar-refractivity contribution in [2.24, 2.45) is 17.8 Å². The molecule has 1 aromatic rings. The van der Waals surface area contributed by atoms with Crippen molar-refractivity contribution >= 4 is 11.8 Å². The van der Waals surface area contributed by atoms with E-state index in [0.717, 1.165) is 19.3 Å². The number of amides is 2. The van der Waals surface area contributed by atoms with Gasteiger partial charge in [0.2, 0.25) is 12.0 Å². The van der Waals surface area contributed by atoms with Crippen molar-refractivity contribution in [3.63, 3.8) is 0 Å². The van der Waals surface area contributed by atoms with Crippen LogP contribution in [0.4, 0.5) is 0 Å². The third-order valence-corrected chi connectivity index (χ3v) is 6.28. The summed E-state index contributed by atoms with van der Waals surface area (Å²) in [6, 6.07) is 7.04. The Morgan fingerprint density at radius 1 is 1.18 bits per heavy atom. The summed E-state index contributed by atoms with van der Waals surface area (Å²) < 4.78 is 11.5. The molecule has 1 heterocycles. The average molecular weight is 388 g/mol. The number of carbonyl (C=O) groups is 2. The summed E-state index contributed by atoms with van der Waals surface area (Å²) in [5.74, 6) is 1.37. The molecule has 2 fully saturated rings. The van der Waals surface area contributed by atoms with Gasteiger partial charge in [-0.05, 0) is 56.6 Å². The highest BCUT2D eigenvalue weighted by Gasteiger charge is 2.52. The van der Waals surface area contributed by atoms with Crippen LogP contribution in [0.3, 0.4) is 0 Å². The predicted molar refractivity (Wildman–Crippen MR) is 102 cm³/mol. The maximum atomic E-state index is 12.9. The molecule has 7 heteroatoms. The Kier molecular flexibility index (Phi) is 5.44. The fourth-order valence-electron chi connectivity index (χ4n) is 4.89. The Hall–Kier alpha value is -2.28. The molecule has 2 saturated carbocycles. The van der Waals surface area contributed by atoms with E-state index in [1.807, 2.05) is 25.1 Å². The second-order valence-electron chi connectivity index (χ2n) is 8.18. The van der Waals surface area contributed by atoms with Crippen molar-refractivity contribution in [3.05, 3.63) is 24.3 Å². The molecule has 0 radical (unpaired) electrons. The van der Waals surface area contributed by atoms with Crippen LogP contribution in [-0.2, 0) is 9.59 Å². The topological polar surface area (TPSA) is 96.9 Å². The first-order chi connectivity index (χ1) is 13.6. The maximum absolute atomic E-state index is 12.9. The number of benzene rings is 1. The van der Waals surface area contributed by atoms with Gasteiger partial charge in [0.05, 0.1) is 5.92 Å². The summed E-state index contributed by atoms with van der Waals surface area (Å²) in [4.78, 5) is 25.7. The number of hydrogen-bond acceptors (Lipinski definition) is 5. The van der Waals surface area contributed by atoms with Crippen LogP contribution >= 0.6 is 0 Å². The number of fused-ring (bicyclic) bond motifs is 3. The zero-order valence-electron chi connectivity index (χ0n) is 16.1. The second-order valence-corrected chi connectivity index (χ2v) is 8.18. The lowest BCUT2D eigenvalue weighted by atomic mass is 9.83. The molecule has 1 aromatic carbocycles. The predicted octanol–water partition coefficient (Wildman–Crippen LogP) is 1.24. The molecular formula is C21H28N2O5. The van der Waals surface area contributed by atoms with Crippen molar-refractivity contribution in [2.45, 2.75) is 50.8 Å². The lowest BCUT2D eigenvalue weighted by Gasteiger charge is -2.33. The number of aliphatic hydroxyl groups is 1. The first-order valence-electron chi connectivity index (χ1n) is 10.2. The lowest BCUT2D eigenvalue weighted by molar-refractivity contribution is -0.133. The van der Waals surface area contributed by atoms with Crippen LogP contribution in [-0.4, -0.2) is 48.3 Å². The van der Waals surface area contributed by atoms with Crippen molar-refractivity contribution in [1.29, 1.82) is 0 Å². The van der Waals surface area contributed by atoms with Gasteiger partial charge in [-0.2, -0.15) is 0 Å². The lowest BCUT2D eigenvalue weighted by Crippen LogP contribution is -2.55. The van der Waals surface area contributed by atoms with Crippen molar-refractivity contribution in [2.75, 3.05) is 13.2 Å². The molecule has 0 saturated heterocycles. The van der Waals surface area contributed by atoms with Crippen molar-refractivity contribution in [1.82, 2.24) is 10.6 Å². The van der Waals surface area contributed by atoms with Crippen LogP contribution in [0, 0.1) is 17.8 Å². The van der Waals surface area contributed by atoms with E-state index in [9.17, 15) is 9.59 Å². The van der Waals surface area contributed by atoms with Gasteiger partial charge in [0, 0.05) is 18.7 Å². The van der Waals surface area contributed by atoms with Crippen LogP contribution in [0.15, 0.2) is 24.3 Å². The van der Waals surface area contributed by atoms with Gasteiger partial charge in [0.1, 0.15) is 6.61 Å². The van der Waals surface area contributed by atoms with E-state index in [1.54, 1.807) is 6.07 Å². The SMILES string of the molecule is C[C@@H](CCO)NC(=O)[C@H]1[C@H]2CC[C@@H](C2)[C@H]1NC(=O)C1COc2ccccc2O1. The molecule has 3 aliphatic rings. The number of rotatable bonds is 6. The Balaban J connectivity index is 1.41. The molecule has 152 valence electrons. The first-order valence-corrected chi connectivity index (χ1v) is 10.2. The number of hydrogen-bond donors (Lipinski definition) is 3. The molecule has 6 atom stereocenters. The molecule has 2 bridgehead atoms. The monoisotopic (exact) mass is 388 g/mol. The van der Waals surface area contributed by atoms with Gasteiger partial charge in [-0.3, -0.25) is 9.59 Å². The molecule has 2 aliphatic carbocycles. The zero-order chi connectivity index (χ0) is 19.7. The van der Waals surface area contributed by atoms with E-state index < -0.39 is 6.10 Å². The zero-order valence-corrected chi connectivity index (χ0v) is 16.1. The molecule has 4 rings (SSSR count). The highest BCUT2D eigenvalue weighted by Crippen LogP contribution is 2.48. The number of aliphatic hydroxyl groups excluding tert-OH is 1. The fourth-order valence-corrected chi connectivity index (χ4v) is 4.89. The quantitative estimate of drug-likeness (QED) is 0.681. The molecule has 2 amide bonds. The molecule has 0 spiro atoms. The molecule has 7 nitrogen and oxygen atoms in total. The number of para-hydroxylation sites is 2. The van der Waals surface area contributed by atoms with E-state index in [-0.39, 0.29) is 43.0 Å². The van der Waals surface area contributed by atoms with Gasteiger partial charge < -0.3 is 25.2 Å². The third-order valence-electron chi connectivity index (χ3n) is 6.28. The number of nitrogens with one attached hydrogen (secondary N) is 2. The summed E-state index contributed by atoms with van der Waals surface area (Å²) in [6.07, 6.45) is 2.85. The second kappa shape index (κ2) is 7.99. The highest BCUT2D eigenvalue weighted by atomic mass is 16.6. The normalized spacial score (nSPS) is 31.3. The first kappa shape index (κ1) is 19.1. The van der Waals surface area contributed by atoms with Gasteiger partial charge in [0.25, 0.3) is 5.91 Å². The Labute approximate surface area is 164 Å². The summed E-state index contributed by atoms with van der Waals surface area (Å²) in [7, 11) is 0. The standard InChI is InChI=1S/C21H28N2O5/c1-12(8-9-24)22-21(26)18-13-6-7-14(10-13)19(18)23-20(25)17-11-27-15-4-2-3-5-16(15)28-17/h2-5,12-14,17-19,24H,6-11H2,1H3,(H,22,26)(H,23,25)/t12-,13-,14-,17?,18-,19+/m0/s1. The van der Waals surface area contributed by atoms with Gasteiger partial charge in [-0.25, -0.2) is 0 Å². The Morgan fingerprint density at radius 3 is 2.71 bits per heavy atom. The van der Waals surface area contributed by atoms with Crippen molar-refractivity contribution in [3.8, 4) is 11.5 Å². The minimum absolute atomic E-state index is 0.0235. The maximum Gasteiger partial charge on any atom is 0.264 e. The number of carbonyl (C=O) groups excluding carboxylic acids is 2. The minimum atomic E-state index is -0.717.